The van der Waals surface area contributed by atoms with E-state index in [2.05, 4.69) is 10.3 Å². The zero-order valence-corrected chi connectivity index (χ0v) is 22.9. The third-order valence-electron chi connectivity index (χ3n) is 10.4. The van der Waals surface area contributed by atoms with Gasteiger partial charge in [-0.3, -0.25) is 14.9 Å². The fourth-order valence-corrected chi connectivity index (χ4v) is 9.13. The highest BCUT2D eigenvalue weighted by Gasteiger charge is 2.74. The molecule has 206 valence electrons. The summed E-state index contributed by atoms with van der Waals surface area (Å²) in [5.74, 6) is -2.07. The number of anilines is 1. The number of amides is 1. The Morgan fingerprint density at radius 2 is 1.92 bits per heavy atom. The number of nitrogens with zero attached hydrogens (tertiary/aromatic N) is 1. The van der Waals surface area contributed by atoms with Crippen LogP contribution in [-0.2, 0) is 10.4 Å². The molecule has 0 radical (unpaired) electrons. The second-order valence-electron chi connectivity index (χ2n) is 12.2. The Morgan fingerprint density at radius 1 is 1.21 bits per heavy atom. The molecule has 0 bridgehead atoms. The SMILES string of the molecule is CC1CC2C3CCC4=CC(=O)C=CC4(C)C3(F)C(O)CC2(C)C1(O)c1csc(NC(=O)c2ccc(F)cc2)n1. The van der Waals surface area contributed by atoms with Gasteiger partial charge in [-0.05, 0) is 80.9 Å². The van der Waals surface area contributed by atoms with Gasteiger partial charge in [-0.2, -0.15) is 0 Å². The van der Waals surface area contributed by atoms with Crippen molar-refractivity contribution in [3.05, 3.63) is 70.5 Å². The molecule has 1 aromatic heterocycles. The minimum atomic E-state index is -1.97. The van der Waals surface area contributed by atoms with Crippen molar-refractivity contribution in [3.63, 3.8) is 0 Å². The molecule has 0 saturated heterocycles. The van der Waals surface area contributed by atoms with Gasteiger partial charge < -0.3 is 10.2 Å². The van der Waals surface area contributed by atoms with Crippen LogP contribution in [0.4, 0.5) is 13.9 Å². The normalized spacial score (nSPS) is 40.9. The maximum atomic E-state index is 17.4. The van der Waals surface area contributed by atoms with Gasteiger partial charge in [0.05, 0.1) is 11.8 Å². The van der Waals surface area contributed by atoms with Crippen molar-refractivity contribution in [3.8, 4) is 0 Å². The summed E-state index contributed by atoms with van der Waals surface area (Å²) < 4.78 is 30.6. The number of aliphatic hydroxyl groups is 2. The van der Waals surface area contributed by atoms with Gasteiger partial charge in [0.1, 0.15) is 11.4 Å². The molecule has 6 rings (SSSR count). The average Bonchev–Trinajstić information content (AvgIpc) is 3.43. The fraction of sp³-hybridized carbons (Fsp3) is 0.500. The minimum Gasteiger partial charge on any atom is -0.390 e. The van der Waals surface area contributed by atoms with Crippen LogP contribution in [0.2, 0.25) is 0 Å². The number of hydrogen-bond donors (Lipinski definition) is 3. The second-order valence-corrected chi connectivity index (χ2v) is 13.0. The third-order valence-corrected chi connectivity index (χ3v) is 11.2. The summed E-state index contributed by atoms with van der Waals surface area (Å²) in [5.41, 5.74) is -4.00. The molecule has 3 fully saturated rings. The number of halogens is 2. The third kappa shape index (κ3) is 3.45. The Morgan fingerprint density at radius 3 is 2.64 bits per heavy atom. The average molecular weight is 555 g/mol. The summed E-state index contributed by atoms with van der Waals surface area (Å²) in [5, 5.41) is 28.7. The van der Waals surface area contributed by atoms with Crippen LogP contribution in [0.15, 0.2) is 53.4 Å². The number of ketones is 1. The molecule has 0 spiro atoms. The molecule has 39 heavy (non-hydrogen) atoms. The van der Waals surface area contributed by atoms with Crippen molar-refractivity contribution in [1.82, 2.24) is 4.98 Å². The molecular weight excluding hydrogens is 522 g/mol. The van der Waals surface area contributed by atoms with Gasteiger partial charge in [0.25, 0.3) is 5.91 Å². The van der Waals surface area contributed by atoms with Crippen molar-refractivity contribution in [1.29, 1.82) is 0 Å². The van der Waals surface area contributed by atoms with E-state index in [1.807, 2.05) is 13.8 Å². The van der Waals surface area contributed by atoms with Crippen LogP contribution in [0, 0.1) is 34.4 Å². The number of alkyl halides is 1. The lowest BCUT2D eigenvalue weighted by molar-refractivity contribution is -0.223. The molecule has 9 heteroatoms. The molecule has 8 atom stereocenters. The summed E-state index contributed by atoms with van der Waals surface area (Å²) in [7, 11) is 0. The first-order valence-electron chi connectivity index (χ1n) is 13.4. The van der Waals surface area contributed by atoms with Gasteiger partial charge in [-0.25, -0.2) is 13.8 Å². The van der Waals surface area contributed by atoms with Gasteiger partial charge in [0.15, 0.2) is 16.6 Å². The quantitative estimate of drug-likeness (QED) is 0.476. The van der Waals surface area contributed by atoms with Gasteiger partial charge >= 0.3 is 0 Å². The molecule has 4 aliphatic rings. The number of hydrogen-bond acceptors (Lipinski definition) is 6. The maximum Gasteiger partial charge on any atom is 0.257 e. The highest BCUT2D eigenvalue weighted by Crippen LogP contribution is 2.72. The first kappa shape index (κ1) is 26.5. The summed E-state index contributed by atoms with van der Waals surface area (Å²) >= 11 is 1.18. The summed E-state index contributed by atoms with van der Waals surface area (Å²) in [4.78, 5) is 29.3. The number of carbonyl (C=O) groups is 2. The minimum absolute atomic E-state index is 0.0327. The zero-order valence-electron chi connectivity index (χ0n) is 22.1. The Bertz CT molecular complexity index is 1420. The van der Waals surface area contributed by atoms with E-state index in [9.17, 15) is 24.2 Å². The second kappa shape index (κ2) is 8.62. The van der Waals surface area contributed by atoms with Crippen LogP contribution in [0.5, 0.6) is 0 Å². The number of benzene rings is 1. The molecule has 3 saturated carbocycles. The maximum absolute atomic E-state index is 17.4. The number of aromatic nitrogens is 1. The topological polar surface area (TPSA) is 99.5 Å². The lowest BCUT2D eigenvalue weighted by Crippen LogP contribution is -2.68. The van der Waals surface area contributed by atoms with E-state index >= 15 is 4.39 Å². The van der Waals surface area contributed by atoms with Crippen LogP contribution >= 0.6 is 11.3 Å². The smallest absolute Gasteiger partial charge is 0.257 e. The van der Waals surface area contributed by atoms with Crippen LogP contribution in [-0.4, -0.2) is 38.7 Å². The number of aliphatic hydroxyl groups excluding tert-OH is 1. The highest BCUT2D eigenvalue weighted by atomic mass is 32.1. The molecule has 0 aliphatic heterocycles. The zero-order chi connectivity index (χ0) is 28.0. The number of allylic oxidation sites excluding steroid dienone is 4. The Labute approximate surface area is 229 Å². The number of rotatable bonds is 3. The van der Waals surface area contributed by atoms with Gasteiger partial charge in [-0.1, -0.05) is 25.5 Å². The number of thiazole rings is 1. The van der Waals surface area contributed by atoms with Crippen LogP contribution in [0.1, 0.15) is 62.5 Å². The Hall–Kier alpha value is -2.75. The van der Waals surface area contributed by atoms with E-state index in [4.69, 9.17) is 0 Å². The first-order chi connectivity index (χ1) is 18.3. The molecular formula is C30H32F2N2O4S. The van der Waals surface area contributed by atoms with Crippen molar-refractivity contribution in [2.24, 2.45) is 28.6 Å². The molecule has 4 aliphatic carbocycles. The van der Waals surface area contributed by atoms with Crippen molar-refractivity contribution >= 4 is 28.2 Å². The van der Waals surface area contributed by atoms with Gasteiger partial charge in [0, 0.05) is 27.7 Å². The van der Waals surface area contributed by atoms with Crippen molar-refractivity contribution in [2.75, 3.05) is 5.32 Å². The molecule has 3 N–H and O–H groups in total. The van der Waals surface area contributed by atoms with Crippen LogP contribution < -0.4 is 5.32 Å². The highest BCUT2D eigenvalue weighted by molar-refractivity contribution is 7.14. The molecule has 1 amide bonds. The molecule has 1 aromatic carbocycles. The predicted molar refractivity (Wildman–Crippen MR) is 143 cm³/mol. The molecule has 8 unspecified atom stereocenters. The molecule has 2 aromatic rings. The lowest BCUT2D eigenvalue weighted by atomic mass is 9.44. The Balaban J connectivity index is 1.33. The van der Waals surface area contributed by atoms with E-state index in [-0.39, 0.29) is 29.6 Å². The summed E-state index contributed by atoms with van der Waals surface area (Å²) in [6.07, 6.45) is 4.82. The Kier molecular flexibility index (Phi) is 5.85. The largest absolute Gasteiger partial charge is 0.390 e. The number of carbonyl (C=O) groups excluding carboxylic acids is 2. The van der Waals surface area contributed by atoms with E-state index in [1.165, 1.54) is 47.8 Å². The van der Waals surface area contributed by atoms with Gasteiger partial charge in [0.2, 0.25) is 0 Å². The number of fused-ring (bicyclic) bond motifs is 5. The van der Waals surface area contributed by atoms with E-state index < -0.39 is 45.8 Å². The standard InChI is InChI=1S/C30H32F2N2O4S/c1-16-12-22-21-9-6-18-13-20(35)10-11-27(18,2)29(21,32)24(36)14-28(22,3)30(16,38)23-15-39-26(33-23)34-25(37)17-4-7-19(31)8-5-17/h4-5,7-8,10-11,13,15-16,21-22,24,36,38H,6,9,12,14H2,1-3H3,(H,33,34,37). The fourth-order valence-electron chi connectivity index (χ4n) is 8.37. The summed E-state index contributed by atoms with van der Waals surface area (Å²) in [6.45, 7) is 5.63. The van der Waals surface area contributed by atoms with Crippen LogP contribution in [0.25, 0.3) is 0 Å². The van der Waals surface area contributed by atoms with Gasteiger partial charge in [-0.15, -0.1) is 11.3 Å². The molecule has 1 heterocycles. The lowest BCUT2D eigenvalue weighted by Gasteiger charge is -2.62. The predicted octanol–water partition coefficient (Wildman–Crippen LogP) is 5.34. The van der Waals surface area contributed by atoms with Crippen LogP contribution in [0.3, 0.4) is 0 Å². The van der Waals surface area contributed by atoms with E-state index in [1.54, 1.807) is 18.4 Å². The van der Waals surface area contributed by atoms with Crippen molar-refractivity contribution in [2.45, 2.75) is 63.8 Å². The summed E-state index contributed by atoms with van der Waals surface area (Å²) in [6, 6.07) is 5.17. The first-order valence-corrected chi connectivity index (χ1v) is 14.3. The van der Waals surface area contributed by atoms with E-state index in [0.717, 1.165) is 5.57 Å². The van der Waals surface area contributed by atoms with Crippen molar-refractivity contribution < 1.29 is 28.6 Å². The monoisotopic (exact) mass is 554 g/mol. The molecule has 6 nitrogen and oxygen atoms in total. The van der Waals surface area contributed by atoms with E-state index in [0.29, 0.717) is 30.1 Å². The number of nitrogens with one attached hydrogen (secondary N) is 1.